The van der Waals surface area contributed by atoms with Crippen molar-refractivity contribution in [2.24, 2.45) is 0 Å². The molecule has 0 fully saturated rings. The molecule has 0 radical (unpaired) electrons. The van der Waals surface area contributed by atoms with Crippen molar-refractivity contribution in [3.8, 4) is 16.9 Å². The van der Waals surface area contributed by atoms with Crippen molar-refractivity contribution in [2.45, 2.75) is 13.8 Å². The highest BCUT2D eigenvalue weighted by molar-refractivity contribution is 5.71. The average Bonchev–Trinajstić information content (AvgIpc) is 2.22. The van der Waals surface area contributed by atoms with Crippen LogP contribution in [0, 0.1) is 19.7 Å². The number of hydrogen-bond donors (Lipinski definition) is 1. The number of rotatable bonds is 1. The molecule has 1 N–H and O–H groups in total. The van der Waals surface area contributed by atoms with Crippen molar-refractivity contribution in [1.29, 1.82) is 0 Å². The van der Waals surface area contributed by atoms with Crippen LogP contribution in [0.4, 0.5) is 4.39 Å². The summed E-state index contributed by atoms with van der Waals surface area (Å²) in [7, 11) is 0. The van der Waals surface area contributed by atoms with E-state index in [1.165, 1.54) is 12.1 Å². The number of halogens is 1. The second kappa shape index (κ2) is 3.97. The second-order valence-corrected chi connectivity index (χ2v) is 3.96. The Morgan fingerprint density at radius 3 is 2.31 bits per heavy atom. The maximum atomic E-state index is 13.2. The van der Waals surface area contributed by atoms with E-state index < -0.39 is 0 Å². The lowest BCUT2D eigenvalue weighted by molar-refractivity contribution is 0.475. The molecule has 0 unspecified atom stereocenters. The van der Waals surface area contributed by atoms with Crippen molar-refractivity contribution >= 4 is 0 Å². The van der Waals surface area contributed by atoms with Gasteiger partial charge in [0.05, 0.1) is 0 Å². The molecule has 0 aliphatic carbocycles. The summed E-state index contributed by atoms with van der Waals surface area (Å²) in [5.74, 6) is -0.0108. The summed E-state index contributed by atoms with van der Waals surface area (Å²) in [6, 6.07) is 9.85. The molecule has 0 aliphatic rings. The largest absolute Gasteiger partial charge is 0.508 e. The molecule has 0 heterocycles. The minimum atomic E-state index is -0.243. The molecule has 0 saturated heterocycles. The van der Waals surface area contributed by atoms with Crippen LogP contribution in [0.1, 0.15) is 11.1 Å². The molecule has 0 saturated carbocycles. The first-order valence-corrected chi connectivity index (χ1v) is 5.14. The van der Waals surface area contributed by atoms with Gasteiger partial charge in [0.15, 0.2) is 0 Å². The Labute approximate surface area is 94.2 Å². The van der Waals surface area contributed by atoms with Crippen LogP contribution in [0.25, 0.3) is 11.1 Å². The number of aryl methyl sites for hydroxylation is 2. The molecular formula is C14H13FO. The lowest BCUT2D eigenvalue weighted by Crippen LogP contribution is -1.88. The van der Waals surface area contributed by atoms with Crippen LogP contribution in [-0.2, 0) is 0 Å². The van der Waals surface area contributed by atoms with Gasteiger partial charge in [-0.3, -0.25) is 0 Å². The molecule has 0 aromatic heterocycles. The molecule has 82 valence electrons. The summed E-state index contributed by atoms with van der Waals surface area (Å²) in [6.07, 6.45) is 0. The van der Waals surface area contributed by atoms with Crippen molar-refractivity contribution in [2.75, 3.05) is 0 Å². The topological polar surface area (TPSA) is 20.2 Å². The van der Waals surface area contributed by atoms with Gasteiger partial charge in [0, 0.05) is 0 Å². The fourth-order valence-corrected chi connectivity index (χ4v) is 1.83. The van der Waals surface area contributed by atoms with E-state index in [9.17, 15) is 9.50 Å². The quantitative estimate of drug-likeness (QED) is 0.768. The molecule has 0 aliphatic heterocycles. The molecule has 0 spiro atoms. The van der Waals surface area contributed by atoms with Gasteiger partial charge in [0.25, 0.3) is 0 Å². The summed E-state index contributed by atoms with van der Waals surface area (Å²) in [4.78, 5) is 0. The highest BCUT2D eigenvalue weighted by Crippen LogP contribution is 2.29. The fourth-order valence-electron chi connectivity index (χ4n) is 1.83. The number of phenolic OH excluding ortho intramolecular Hbond substituents is 1. The lowest BCUT2D eigenvalue weighted by Gasteiger charge is -2.09. The molecule has 2 heteroatoms. The first kappa shape index (κ1) is 10.7. The Morgan fingerprint density at radius 1 is 0.875 bits per heavy atom. The Hall–Kier alpha value is -1.83. The predicted octanol–water partition coefficient (Wildman–Crippen LogP) is 3.82. The van der Waals surface area contributed by atoms with Crippen LogP contribution in [-0.4, -0.2) is 5.11 Å². The summed E-state index contributed by atoms with van der Waals surface area (Å²) >= 11 is 0. The maximum absolute atomic E-state index is 13.2. The Balaban J connectivity index is 2.62. The van der Waals surface area contributed by atoms with Crippen LogP contribution < -0.4 is 0 Å². The van der Waals surface area contributed by atoms with E-state index in [-0.39, 0.29) is 11.6 Å². The lowest BCUT2D eigenvalue weighted by atomic mass is 9.96. The van der Waals surface area contributed by atoms with Gasteiger partial charge in [0.1, 0.15) is 11.6 Å². The molecular weight excluding hydrogens is 203 g/mol. The summed E-state index contributed by atoms with van der Waals surface area (Å²) in [5.41, 5.74) is 3.79. The second-order valence-electron chi connectivity index (χ2n) is 3.96. The van der Waals surface area contributed by atoms with Gasteiger partial charge in [0.2, 0.25) is 0 Å². The van der Waals surface area contributed by atoms with Crippen LogP contribution >= 0.6 is 0 Å². The van der Waals surface area contributed by atoms with E-state index in [1.54, 1.807) is 18.2 Å². The molecule has 0 amide bonds. The van der Waals surface area contributed by atoms with Crippen molar-refractivity contribution in [1.82, 2.24) is 0 Å². The molecule has 16 heavy (non-hydrogen) atoms. The van der Waals surface area contributed by atoms with Crippen LogP contribution in [0.3, 0.4) is 0 Å². The van der Waals surface area contributed by atoms with Gasteiger partial charge < -0.3 is 5.11 Å². The van der Waals surface area contributed by atoms with E-state index >= 15 is 0 Å². The molecule has 0 atom stereocenters. The van der Waals surface area contributed by atoms with Crippen LogP contribution in [0.15, 0.2) is 36.4 Å². The zero-order valence-corrected chi connectivity index (χ0v) is 9.29. The molecule has 0 bridgehead atoms. The van der Waals surface area contributed by atoms with Crippen molar-refractivity contribution < 1.29 is 9.50 Å². The summed E-state index contributed by atoms with van der Waals surface area (Å²) in [5, 5.41) is 9.33. The first-order valence-electron chi connectivity index (χ1n) is 5.14. The number of benzene rings is 2. The van der Waals surface area contributed by atoms with Gasteiger partial charge in [-0.05, 0) is 60.4 Å². The van der Waals surface area contributed by atoms with E-state index in [1.807, 2.05) is 19.9 Å². The average molecular weight is 216 g/mol. The minimum absolute atomic E-state index is 0.232. The third-order valence-electron chi connectivity index (χ3n) is 2.70. The maximum Gasteiger partial charge on any atom is 0.123 e. The third-order valence-corrected chi connectivity index (χ3v) is 2.70. The third kappa shape index (κ3) is 1.91. The SMILES string of the molecule is Cc1cc(O)ccc1-c1cc(F)ccc1C. The molecule has 2 aromatic rings. The standard InChI is InChI=1S/C14H13FO/c1-9-3-4-11(15)8-14(9)13-6-5-12(16)7-10(13)2/h3-8,16H,1-2H3. The zero-order chi connectivity index (χ0) is 11.7. The minimum Gasteiger partial charge on any atom is -0.508 e. The number of hydrogen-bond acceptors (Lipinski definition) is 1. The number of phenols is 1. The van der Waals surface area contributed by atoms with Crippen LogP contribution in [0.2, 0.25) is 0 Å². The Bertz CT molecular complexity index is 532. The normalized spacial score (nSPS) is 10.4. The summed E-state index contributed by atoms with van der Waals surface area (Å²) in [6.45, 7) is 3.85. The molecule has 2 rings (SSSR count). The fraction of sp³-hybridized carbons (Fsp3) is 0.143. The molecule has 2 aromatic carbocycles. The van der Waals surface area contributed by atoms with Gasteiger partial charge >= 0.3 is 0 Å². The van der Waals surface area contributed by atoms with E-state index in [4.69, 9.17) is 0 Å². The van der Waals surface area contributed by atoms with Crippen molar-refractivity contribution in [3.63, 3.8) is 0 Å². The van der Waals surface area contributed by atoms with Crippen LogP contribution in [0.5, 0.6) is 5.75 Å². The van der Waals surface area contributed by atoms with Gasteiger partial charge in [-0.1, -0.05) is 12.1 Å². The Morgan fingerprint density at radius 2 is 1.62 bits per heavy atom. The molecule has 1 nitrogen and oxygen atoms in total. The summed E-state index contributed by atoms with van der Waals surface area (Å²) < 4.78 is 13.2. The van der Waals surface area contributed by atoms with Gasteiger partial charge in [-0.15, -0.1) is 0 Å². The smallest absolute Gasteiger partial charge is 0.123 e. The highest BCUT2D eigenvalue weighted by atomic mass is 19.1. The monoisotopic (exact) mass is 216 g/mol. The highest BCUT2D eigenvalue weighted by Gasteiger charge is 2.06. The van der Waals surface area contributed by atoms with Gasteiger partial charge in [-0.2, -0.15) is 0 Å². The van der Waals surface area contributed by atoms with Gasteiger partial charge in [-0.25, -0.2) is 4.39 Å². The van der Waals surface area contributed by atoms with E-state index in [0.717, 1.165) is 22.3 Å². The first-order chi connectivity index (χ1) is 7.58. The van der Waals surface area contributed by atoms with Crippen molar-refractivity contribution in [3.05, 3.63) is 53.3 Å². The zero-order valence-electron chi connectivity index (χ0n) is 9.29. The van der Waals surface area contributed by atoms with E-state index in [0.29, 0.717) is 0 Å². The number of aromatic hydroxyl groups is 1. The van der Waals surface area contributed by atoms with E-state index in [2.05, 4.69) is 0 Å². The Kier molecular flexibility index (Phi) is 2.65. The predicted molar refractivity (Wildman–Crippen MR) is 63.0 cm³/mol.